The van der Waals surface area contributed by atoms with Crippen molar-refractivity contribution >= 4 is 40.7 Å². The Bertz CT molecular complexity index is 532. The van der Waals surface area contributed by atoms with E-state index in [4.69, 9.17) is 0 Å². The number of nitrogens with zero attached hydrogens (tertiary/aromatic N) is 1. The number of rotatable bonds is 2. The molecule has 0 aromatic heterocycles. The van der Waals surface area contributed by atoms with Gasteiger partial charge in [0.05, 0.1) is 5.56 Å². The van der Waals surface area contributed by atoms with E-state index < -0.39 is 29.5 Å². The summed E-state index contributed by atoms with van der Waals surface area (Å²) in [5, 5.41) is 2.92. The first-order chi connectivity index (χ1) is 10.1. The molecule has 1 aromatic carbocycles. The van der Waals surface area contributed by atoms with Crippen LogP contribution in [0, 0.1) is 0 Å². The normalized spacial score (nSPS) is 17.6. The zero-order valence-electron chi connectivity index (χ0n) is 12.0. The van der Waals surface area contributed by atoms with E-state index in [0.29, 0.717) is 19.2 Å². The molecule has 24 heavy (non-hydrogen) atoms. The number of piperazine rings is 1. The van der Waals surface area contributed by atoms with E-state index in [0.717, 1.165) is 17.0 Å². The van der Waals surface area contributed by atoms with Crippen LogP contribution in [0.3, 0.4) is 0 Å². The highest BCUT2D eigenvalue weighted by atomic mass is 79.9. The maximum absolute atomic E-state index is 13.4. The van der Waals surface area contributed by atoms with Crippen LogP contribution in [0.25, 0.3) is 0 Å². The van der Waals surface area contributed by atoms with E-state index in [1.54, 1.807) is 0 Å². The maximum atomic E-state index is 13.4. The molecule has 0 radical (unpaired) electrons. The van der Waals surface area contributed by atoms with Gasteiger partial charge in [-0.25, -0.2) is 0 Å². The van der Waals surface area contributed by atoms with E-state index in [9.17, 15) is 26.3 Å². The minimum Gasteiger partial charge on any atom is -0.314 e. The monoisotopic (exact) mass is 462 g/mol. The Morgan fingerprint density at radius 1 is 1.00 bits per heavy atom. The molecule has 1 N–H and O–H groups in total. The SMILES string of the molecule is Cl.Cl.FC(F)(F)c1ccc(Br)c([C@@H](N2CCNCC2)C(F)(F)F)c1. The fourth-order valence-corrected chi connectivity index (χ4v) is 2.91. The summed E-state index contributed by atoms with van der Waals surface area (Å²) in [6, 6.07) is 0.286. The molecular weight excluding hydrogens is 449 g/mol. The lowest BCUT2D eigenvalue weighted by Gasteiger charge is -2.36. The third kappa shape index (κ3) is 5.66. The van der Waals surface area contributed by atoms with Crippen molar-refractivity contribution in [2.45, 2.75) is 18.4 Å². The largest absolute Gasteiger partial charge is 0.416 e. The lowest BCUT2D eigenvalue weighted by molar-refractivity contribution is -0.188. The predicted octanol–water partition coefficient (Wildman–Crippen LogP) is 4.82. The lowest BCUT2D eigenvalue weighted by atomic mass is 10.0. The van der Waals surface area contributed by atoms with Gasteiger partial charge in [0.2, 0.25) is 0 Å². The van der Waals surface area contributed by atoms with Gasteiger partial charge in [-0.3, -0.25) is 4.90 Å². The summed E-state index contributed by atoms with van der Waals surface area (Å²) in [7, 11) is 0. The zero-order chi connectivity index (χ0) is 16.5. The number of hydrogen-bond donors (Lipinski definition) is 1. The molecular formula is C13H15BrCl2F6N2. The molecule has 1 aliphatic heterocycles. The topological polar surface area (TPSA) is 15.3 Å². The van der Waals surface area contributed by atoms with Gasteiger partial charge < -0.3 is 5.32 Å². The first-order valence-electron chi connectivity index (χ1n) is 6.49. The zero-order valence-corrected chi connectivity index (χ0v) is 15.3. The number of hydrogen-bond acceptors (Lipinski definition) is 2. The van der Waals surface area contributed by atoms with Gasteiger partial charge >= 0.3 is 12.4 Å². The van der Waals surface area contributed by atoms with Gasteiger partial charge in [0.1, 0.15) is 6.04 Å². The van der Waals surface area contributed by atoms with Crippen LogP contribution in [0.1, 0.15) is 17.2 Å². The third-order valence-corrected chi connectivity index (χ3v) is 4.17. The van der Waals surface area contributed by atoms with Gasteiger partial charge in [-0.2, -0.15) is 26.3 Å². The fourth-order valence-electron chi connectivity index (χ4n) is 2.45. The highest BCUT2D eigenvalue weighted by Crippen LogP contribution is 2.42. The van der Waals surface area contributed by atoms with Crippen LogP contribution < -0.4 is 5.32 Å². The Morgan fingerprint density at radius 2 is 1.54 bits per heavy atom. The molecule has 1 fully saturated rings. The summed E-state index contributed by atoms with van der Waals surface area (Å²) in [4.78, 5) is 1.15. The molecule has 0 aliphatic carbocycles. The predicted molar refractivity (Wildman–Crippen MR) is 86.9 cm³/mol. The van der Waals surface area contributed by atoms with E-state index in [2.05, 4.69) is 21.2 Å². The van der Waals surface area contributed by atoms with Crippen molar-refractivity contribution in [2.75, 3.05) is 26.2 Å². The second-order valence-corrected chi connectivity index (χ2v) is 5.82. The highest BCUT2D eigenvalue weighted by molar-refractivity contribution is 9.10. The molecule has 1 saturated heterocycles. The average molecular weight is 464 g/mol. The minimum absolute atomic E-state index is 0. The average Bonchev–Trinajstić information content (AvgIpc) is 2.39. The van der Waals surface area contributed by atoms with Crippen molar-refractivity contribution in [3.05, 3.63) is 33.8 Å². The molecule has 1 heterocycles. The lowest BCUT2D eigenvalue weighted by Crippen LogP contribution is -2.49. The van der Waals surface area contributed by atoms with Crippen LogP contribution in [0.2, 0.25) is 0 Å². The molecule has 1 atom stereocenters. The first kappa shape index (κ1) is 23.8. The van der Waals surface area contributed by atoms with Gasteiger partial charge in [0.15, 0.2) is 0 Å². The third-order valence-electron chi connectivity index (χ3n) is 3.44. The van der Waals surface area contributed by atoms with E-state index >= 15 is 0 Å². The molecule has 0 bridgehead atoms. The standard InChI is InChI=1S/C13H13BrF6N2.2ClH/c14-10-2-1-8(12(15,16)17)7-9(10)11(13(18,19)20)22-5-3-21-4-6-22;;/h1-2,7,11,21H,3-6H2;2*1H/t11-;;/m1../s1. The molecule has 1 aromatic rings. The summed E-state index contributed by atoms with van der Waals surface area (Å²) in [6.45, 7) is 0.964. The van der Waals surface area contributed by atoms with Gasteiger partial charge in [-0.1, -0.05) is 15.9 Å². The number of halogens is 9. The van der Waals surface area contributed by atoms with Crippen LogP contribution in [0.15, 0.2) is 22.7 Å². The Labute approximate surface area is 155 Å². The maximum Gasteiger partial charge on any atom is 0.416 e. The first-order valence-corrected chi connectivity index (χ1v) is 7.28. The molecule has 0 amide bonds. The quantitative estimate of drug-likeness (QED) is 0.632. The molecule has 140 valence electrons. The molecule has 2 rings (SSSR count). The van der Waals surface area contributed by atoms with Gasteiger partial charge in [0, 0.05) is 30.7 Å². The summed E-state index contributed by atoms with van der Waals surface area (Å²) < 4.78 is 78.7. The molecule has 0 unspecified atom stereocenters. The van der Waals surface area contributed by atoms with Crippen molar-refractivity contribution in [1.29, 1.82) is 0 Å². The summed E-state index contributed by atoms with van der Waals surface area (Å²) in [5.74, 6) is 0. The van der Waals surface area contributed by atoms with Crippen LogP contribution in [0.5, 0.6) is 0 Å². The Kier molecular flexibility index (Phi) is 8.85. The molecule has 11 heteroatoms. The molecule has 2 nitrogen and oxygen atoms in total. The van der Waals surface area contributed by atoms with Crippen LogP contribution in [0.4, 0.5) is 26.3 Å². The minimum atomic E-state index is -4.69. The van der Waals surface area contributed by atoms with Crippen LogP contribution in [-0.2, 0) is 6.18 Å². The Morgan fingerprint density at radius 3 is 2.00 bits per heavy atom. The van der Waals surface area contributed by atoms with E-state index in [1.165, 1.54) is 0 Å². The van der Waals surface area contributed by atoms with Crippen molar-refractivity contribution in [2.24, 2.45) is 0 Å². The smallest absolute Gasteiger partial charge is 0.314 e. The van der Waals surface area contributed by atoms with Gasteiger partial charge in [-0.05, 0) is 23.8 Å². The van der Waals surface area contributed by atoms with E-state index in [-0.39, 0.29) is 42.4 Å². The Balaban J connectivity index is 0.00000264. The second kappa shape index (κ2) is 8.93. The van der Waals surface area contributed by atoms with Crippen LogP contribution in [-0.4, -0.2) is 37.3 Å². The fraction of sp³-hybridized carbons (Fsp3) is 0.538. The van der Waals surface area contributed by atoms with E-state index in [1.807, 2.05) is 0 Å². The van der Waals surface area contributed by atoms with Crippen LogP contribution >= 0.6 is 40.7 Å². The second-order valence-electron chi connectivity index (χ2n) is 4.96. The van der Waals surface area contributed by atoms with Gasteiger partial charge in [-0.15, -0.1) is 24.8 Å². The molecule has 0 spiro atoms. The summed E-state index contributed by atoms with van der Waals surface area (Å²) >= 11 is 2.95. The summed E-state index contributed by atoms with van der Waals surface area (Å²) in [5.41, 5.74) is -1.50. The molecule has 0 saturated carbocycles. The molecule has 1 aliphatic rings. The van der Waals surface area contributed by atoms with Crippen molar-refractivity contribution in [3.63, 3.8) is 0 Å². The Hall–Kier alpha value is -0.220. The van der Waals surface area contributed by atoms with Crippen molar-refractivity contribution < 1.29 is 26.3 Å². The van der Waals surface area contributed by atoms with Crippen molar-refractivity contribution in [1.82, 2.24) is 10.2 Å². The highest BCUT2D eigenvalue weighted by Gasteiger charge is 2.46. The number of benzene rings is 1. The number of alkyl halides is 6. The van der Waals surface area contributed by atoms with Gasteiger partial charge in [0.25, 0.3) is 0 Å². The summed E-state index contributed by atoms with van der Waals surface area (Å²) in [6.07, 6.45) is -9.35. The van der Waals surface area contributed by atoms with Crippen molar-refractivity contribution in [3.8, 4) is 0 Å². The number of nitrogens with one attached hydrogen (secondary N) is 1.